The van der Waals surface area contributed by atoms with Gasteiger partial charge in [-0.25, -0.2) is 4.98 Å². The van der Waals surface area contributed by atoms with Crippen LogP contribution in [0.3, 0.4) is 0 Å². The molecule has 1 radical (unpaired) electrons. The van der Waals surface area contributed by atoms with Gasteiger partial charge in [0, 0.05) is 36.7 Å². The van der Waals surface area contributed by atoms with Crippen molar-refractivity contribution in [3.05, 3.63) is 162 Å². The van der Waals surface area contributed by atoms with Crippen molar-refractivity contribution < 1.29 is 28.9 Å². The monoisotopic (exact) mass is 1000 g/mol. The van der Waals surface area contributed by atoms with Gasteiger partial charge in [0.05, 0.1) is 28.1 Å². The summed E-state index contributed by atoms with van der Waals surface area (Å²) in [7, 11) is 0. The minimum atomic E-state index is -1.93. The number of imidazole rings is 1. The third-order valence-electron chi connectivity index (χ3n) is 10.3. The summed E-state index contributed by atoms with van der Waals surface area (Å²) in [5.41, 5.74) is 12.8. The van der Waals surface area contributed by atoms with Crippen LogP contribution in [0.2, 0.25) is 17.3 Å². The van der Waals surface area contributed by atoms with E-state index in [-0.39, 0.29) is 25.9 Å². The maximum Gasteiger partial charge on any atom is 0.216 e. The summed E-state index contributed by atoms with van der Waals surface area (Å²) in [4.78, 5) is 14.6. The molecule has 4 aromatic heterocycles. The third-order valence-corrected chi connectivity index (χ3v) is 14.6. The number of hydrogen-bond acceptors (Lipinski definition) is 4. The number of aryl methyl sites for hydroxylation is 2. The fraction of sp³-hybridized carbons (Fsp3) is 0.180. The van der Waals surface area contributed by atoms with Gasteiger partial charge in [-0.2, -0.15) is 0 Å². The number of halogens is 1. The number of rotatable bonds is 7. The van der Waals surface area contributed by atoms with Crippen molar-refractivity contribution in [3.8, 4) is 39.6 Å². The molecule has 0 saturated heterocycles. The maximum absolute atomic E-state index is 13.0. The Morgan fingerprint density at radius 1 is 0.776 bits per heavy atom. The zero-order valence-electron chi connectivity index (χ0n) is 33.8. The van der Waals surface area contributed by atoms with Gasteiger partial charge in [0.1, 0.15) is 0 Å². The van der Waals surface area contributed by atoms with E-state index < -0.39 is 13.3 Å². The second-order valence-electron chi connectivity index (χ2n) is 16.1. The molecule has 0 aliphatic heterocycles. The zero-order chi connectivity index (χ0) is 39.8. The standard InChI is InChI=1S/C32H22N3O.C18H23FGeN.Ir/c1-20-10-8-11-21(2)29(20)27-19-18-24-23-14-9-15-25(30(23)36-32(24)34-27)31-33-26-16-6-7-17-28(26)35(31)22-12-4-3-5-13-22;1-13(2)10-15-11-18(14-6-8-16(19)9-7-14)21-12-17(15)20(3,4)5;/h3-14,16-19H,1-2H3;6,8-9,11-13H,10H2,1-5H3;/q2*-1;. The molecule has 4 heterocycles. The minimum absolute atomic E-state index is 0. The smallest absolute Gasteiger partial charge is 0.216 e. The van der Waals surface area contributed by atoms with Crippen molar-refractivity contribution in [2.24, 2.45) is 5.92 Å². The van der Waals surface area contributed by atoms with Gasteiger partial charge < -0.3 is 8.98 Å². The Kier molecular flexibility index (Phi) is 12.0. The maximum atomic E-state index is 13.0. The summed E-state index contributed by atoms with van der Waals surface area (Å²) in [6, 6.07) is 46.1. The average Bonchev–Trinajstić information content (AvgIpc) is 3.77. The van der Waals surface area contributed by atoms with Gasteiger partial charge in [0.25, 0.3) is 0 Å². The number of furan rings is 1. The predicted molar refractivity (Wildman–Crippen MR) is 235 cm³/mol. The van der Waals surface area contributed by atoms with Crippen LogP contribution < -0.4 is 4.40 Å². The number of benzene rings is 5. The van der Waals surface area contributed by atoms with E-state index in [1.54, 1.807) is 6.07 Å². The van der Waals surface area contributed by atoms with Gasteiger partial charge in [0.15, 0.2) is 0 Å². The first kappa shape index (κ1) is 41.0. The van der Waals surface area contributed by atoms with E-state index in [4.69, 9.17) is 14.4 Å². The van der Waals surface area contributed by atoms with Crippen molar-refractivity contribution in [3.63, 3.8) is 0 Å². The first-order valence-corrected chi connectivity index (χ1v) is 26.8. The van der Waals surface area contributed by atoms with Crippen LogP contribution in [0, 0.1) is 37.7 Å². The molecule has 5 nitrogen and oxygen atoms in total. The molecular formula is C50H45FGeIrN4O-2. The van der Waals surface area contributed by atoms with Crippen LogP contribution in [-0.4, -0.2) is 32.8 Å². The van der Waals surface area contributed by atoms with Gasteiger partial charge in [-0.05, 0) is 61.4 Å². The molecule has 0 unspecified atom stereocenters. The fourth-order valence-electron chi connectivity index (χ4n) is 7.67. The molecule has 0 fully saturated rings. The molecule has 0 aliphatic rings. The van der Waals surface area contributed by atoms with Crippen LogP contribution in [-0.2, 0) is 26.5 Å². The fourth-order valence-corrected chi connectivity index (χ4v) is 11.0. The first-order chi connectivity index (χ1) is 27.5. The summed E-state index contributed by atoms with van der Waals surface area (Å²) in [5, 5.41) is 1.99. The molecule has 9 aromatic rings. The number of nitrogens with zero attached hydrogens (tertiary/aromatic N) is 4. The van der Waals surface area contributed by atoms with E-state index >= 15 is 0 Å². The Morgan fingerprint density at radius 2 is 1.52 bits per heavy atom. The quantitative estimate of drug-likeness (QED) is 0.118. The van der Waals surface area contributed by atoms with Crippen molar-refractivity contribution in [1.82, 2.24) is 19.5 Å². The molecule has 58 heavy (non-hydrogen) atoms. The van der Waals surface area contributed by atoms with Crippen LogP contribution in [0.25, 0.3) is 72.7 Å². The Bertz CT molecular complexity index is 2860. The molecule has 0 bridgehead atoms. The van der Waals surface area contributed by atoms with Crippen LogP contribution in [0.15, 0.2) is 132 Å². The second-order valence-corrected chi connectivity index (χ2v) is 26.7. The number of pyridine rings is 2. The predicted octanol–water partition coefficient (Wildman–Crippen LogP) is 12.5. The summed E-state index contributed by atoms with van der Waals surface area (Å²) < 4.78 is 23.1. The Labute approximate surface area is 356 Å². The number of hydrogen-bond donors (Lipinski definition) is 0. The van der Waals surface area contributed by atoms with E-state index in [0.717, 1.165) is 73.4 Å². The summed E-state index contributed by atoms with van der Waals surface area (Å²) in [5.74, 6) is 8.32. The molecule has 8 heteroatoms. The number of para-hydroxylation sites is 3. The largest absolute Gasteiger partial charge is 0.486 e. The summed E-state index contributed by atoms with van der Waals surface area (Å²) in [6.45, 7) is 8.72. The Balaban J connectivity index is 0.000000200. The Hall–Kier alpha value is -5.21. The second kappa shape index (κ2) is 16.9. The van der Waals surface area contributed by atoms with Crippen LogP contribution in [0.4, 0.5) is 4.39 Å². The zero-order valence-corrected chi connectivity index (χ0v) is 38.3. The molecule has 293 valence electrons. The van der Waals surface area contributed by atoms with Crippen LogP contribution in [0.1, 0.15) is 30.5 Å². The van der Waals surface area contributed by atoms with Gasteiger partial charge in [-0.3, -0.25) is 4.98 Å². The molecule has 0 aliphatic carbocycles. The van der Waals surface area contributed by atoms with Gasteiger partial charge in [0.2, 0.25) is 5.71 Å². The molecule has 0 saturated carbocycles. The summed E-state index contributed by atoms with van der Waals surface area (Å²) >= 11 is -1.93. The third kappa shape index (κ3) is 8.22. The summed E-state index contributed by atoms with van der Waals surface area (Å²) in [6.07, 6.45) is 3.11. The Morgan fingerprint density at radius 3 is 2.22 bits per heavy atom. The van der Waals surface area contributed by atoms with Crippen molar-refractivity contribution in [2.75, 3.05) is 0 Å². The number of fused-ring (bicyclic) bond motifs is 4. The first-order valence-electron chi connectivity index (χ1n) is 19.5. The van der Waals surface area contributed by atoms with E-state index in [9.17, 15) is 4.39 Å². The minimum Gasteiger partial charge on any atom is -0.486 e. The van der Waals surface area contributed by atoms with Gasteiger partial charge in [-0.1, -0.05) is 59.5 Å². The van der Waals surface area contributed by atoms with E-state index in [2.05, 4.69) is 121 Å². The topological polar surface area (TPSA) is 56.7 Å². The molecule has 5 aromatic carbocycles. The SMILES string of the molecule is CC(C)Cc1cc(-c2[c-]cc(F)cc2)nc[c]1[Ge]([CH3])([CH3])[CH3].Cc1cccc(C)c1-c1ccc2c(n1)oc1c(-c3nc4ccccc4n3-c3ccccc3)[c-]ccc12.[Ir]. The molecule has 0 spiro atoms. The van der Waals surface area contributed by atoms with E-state index in [0.29, 0.717) is 11.6 Å². The number of aromatic nitrogens is 4. The normalized spacial score (nSPS) is 11.5. The van der Waals surface area contributed by atoms with Crippen molar-refractivity contribution in [2.45, 2.75) is 51.4 Å². The molecule has 0 amide bonds. The van der Waals surface area contributed by atoms with Crippen LogP contribution in [0.5, 0.6) is 0 Å². The molecule has 0 N–H and O–H groups in total. The molecule has 9 rings (SSSR count). The van der Waals surface area contributed by atoms with E-state index in [1.807, 2.05) is 54.7 Å². The van der Waals surface area contributed by atoms with Crippen molar-refractivity contribution in [1.29, 1.82) is 0 Å². The van der Waals surface area contributed by atoms with Gasteiger partial charge in [-0.15, -0.1) is 18.2 Å². The molecular weight excluding hydrogens is 956 g/mol. The van der Waals surface area contributed by atoms with Crippen LogP contribution >= 0.6 is 0 Å². The van der Waals surface area contributed by atoms with Crippen molar-refractivity contribution >= 4 is 50.8 Å². The van der Waals surface area contributed by atoms with E-state index in [1.165, 1.54) is 33.2 Å². The molecule has 0 atom stereocenters. The van der Waals surface area contributed by atoms with Gasteiger partial charge >= 0.3 is 130 Å². The average molecular weight is 1000 g/mol.